The van der Waals surface area contributed by atoms with Gasteiger partial charge in [-0.3, -0.25) is 9.80 Å². The van der Waals surface area contributed by atoms with Gasteiger partial charge in [-0.15, -0.1) is 0 Å². The average molecular weight is 306 g/mol. The summed E-state index contributed by atoms with van der Waals surface area (Å²) in [5.74, 6) is -6.12. The van der Waals surface area contributed by atoms with Gasteiger partial charge in [0.05, 0.1) is 23.9 Å². The molecule has 12 heteroatoms. The van der Waals surface area contributed by atoms with Gasteiger partial charge in [0.15, 0.2) is 0 Å². The predicted octanol–water partition coefficient (Wildman–Crippen LogP) is -8.17. The molecule has 0 aromatic carbocycles. The maximum Gasteiger partial charge on any atom is 2.00 e. The molecule has 0 N–H and O–H groups in total. The first-order valence-electron chi connectivity index (χ1n) is 5.44. The minimum absolute atomic E-state index is 0. The van der Waals surface area contributed by atoms with E-state index in [4.69, 9.17) is 0 Å². The van der Waals surface area contributed by atoms with Crippen molar-refractivity contribution in [1.82, 2.24) is 9.80 Å². The number of hydrogen-bond acceptors (Lipinski definition) is 10. The number of carbonyl (C=O) groups excluding carboxylic acids is 4. The van der Waals surface area contributed by atoms with Gasteiger partial charge in [0, 0.05) is 39.3 Å². The third-order valence-corrected chi connectivity index (χ3v) is 2.14. The van der Waals surface area contributed by atoms with Crippen molar-refractivity contribution in [2.75, 3.05) is 39.3 Å². The van der Waals surface area contributed by atoms with E-state index in [1.165, 1.54) is 0 Å². The monoisotopic (exact) mass is 306 g/mol. The van der Waals surface area contributed by atoms with E-state index in [-0.39, 0.29) is 33.3 Å². The summed E-state index contributed by atoms with van der Waals surface area (Å²) in [6.45, 7) is -3.25. The summed E-state index contributed by atoms with van der Waals surface area (Å²) in [7, 11) is 0. The van der Waals surface area contributed by atoms with Crippen molar-refractivity contribution in [3.8, 4) is 0 Å². The molecule has 0 amide bonds. The third-order valence-electron chi connectivity index (χ3n) is 2.14. The van der Waals surface area contributed by atoms with Gasteiger partial charge in [-0.05, 0) is 0 Å². The van der Waals surface area contributed by atoms with Gasteiger partial charge in [-0.1, -0.05) is 0 Å². The molecule has 0 heterocycles. The van der Waals surface area contributed by atoms with Crippen LogP contribution in [0.5, 0.6) is 0 Å². The van der Waals surface area contributed by atoms with Crippen LogP contribution in [0.25, 0.3) is 0 Å². The summed E-state index contributed by atoms with van der Waals surface area (Å²) < 4.78 is 0. The molecule has 0 saturated carbocycles. The van der Waals surface area contributed by atoms with Crippen molar-refractivity contribution in [2.45, 2.75) is 0 Å². The molecular formula is C10H12Be2N2O8. The Labute approximate surface area is 133 Å². The number of aliphatic carboxylic acids is 4. The van der Waals surface area contributed by atoms with Crippen LogP contribution in [0.3, 0.4) is 0 Å². The van der Waals surface area contributed by atoms with Gasteiger partial charge in [-0.2, -0.15) is 0 Å². The average Bonchev–Trinajstić information content (AvgIpc) is 2.22. The number of carboxylic acids is 4. The maximum absolute atomic E-state index is 10.4. The van der Waals surface area contributed by atoms with Crippen molar-refractivity contribution in [3.63, 3.8) is 0 Å². The minimum Gasteiger partial charge on any atom is -0.549 e. The fourth-order valence-corrected chi connectivity index (χ4v) is 1.44. The number of rotatable bonds is 11. The molecule has 0 aromatic rings. The van der Waals surface area contributed by atoms with Crippen LogP contribution >= 0.6 is 0 Å². The van der Waals surface area contributed by atoms with Crippen LogP contribution in [0, 0.1) is 0 Å². The van der Waals surface area contributed by atoms with Gasteiger partial charge in [-0.25, -0.2) is 0 Å². The van der Waals surface area contributed by atoms with E-state index in [0.717, 1.165) is 9.80 Å². The zero-order valence-electron chi connectivity index (χ0n) is 11.8. The molecule has 0 rings (SSSR count). The van der Waals surface area contributed by atoms with Crippen LogP contribution in [0.2, 0.25) is 0 Å². The number of nitrogens with zero attached hydrogens (tertiary/aromatic N) is 2. The van der Waals surface area contributed by atoms with Crippen molar-refractivity contribution in [2.24, 2.45) is 0 Å². The standard InChI is InChI=1S/C10H16N2O8.2Be/c13-7(14)3-11(4-8(15)16)1-2-12(5-9(17)18)6-10(19)20;;/h1-6H2,(H,13,14)(H,15,16)(H,17,18)(H,19,20);;/q;2*+2/p-4. The van der Waals surface area contributed by atoms with E-state index in [2.05, 4.69) is 0 Å². The molecule has 0 spiro atoms. The number of carbonyl (C=O) groups is 4. The second-order valence-corrected chi connectivity index (χ2v) is 3.91. The van der Waals surface area contributed by atoms with E-state index in [1.807, 2.05) is 0 Å². The largest absolute Gasteiger partial charge is 2.00 e. The first-order valence-corrected chi connectivity index (χ1v) is 5.44. The summed E-state index contributed by atoms with van der Waals surface area (Å²) >= 11 is 0. The SMILES string of the molecule is O=C([O-])CN(CCN(CC(=O)[O-])CC(=O)[O-])CC(=O)[O-].[Be+2].[Be+2]. The fourth-order valence-electron chi connectivity index (χ4n) is 1.44. The van der Waals surface area contributed by atoms with Gasteiger partial charge in [0.2, 0.25) is 0 Å². The molecule has 0 unspecified atom stereocenters. The summed E-state index contributed by atoms with van der Waals surface area (Å²) in [6, 6.07) is 0. The Morgan fingerprint density at radius 2 is 0.727 bits per heavy atom. The Kier molecular flexibility index (Phi) is 14.7. The molecule has 22 heavy (non-hydrogen) atoms. The second kappa shape index (κ2) is 12.8. The molecule has 0 saturated heterocycles. The van der Waals surface area contributed by atoms with Crippen molar-refractivity contribution in [3.05, 3.63) is 0 Å². The zero-order valence-corrected chi connectivity index (χ0v) is 11.8. The van der Waals surface area contributed by atoms with E-state index in [0.29, 0.717) is 0 Å². The molecule has 0 aliphatic heterocycles. The van der Waals surface area contributed by atoms with Crippen molar-refractivity contribution < 1.29 is 39.6 Å². The molecular weight excluding hydrogens is 294 g/mol. The predicted molar refractivity (Wildman–Crippen MR) is 64.4 cm³/mol. The molecule has 0 radical (unpaired) electrons. The summed E-state index contributed by atoms with van der Waals surface area (Å²) in [6.07, 6.45) is 0. The van der Waals surface area contributed by atoms with Crippen LogP contribution in [0.1, 0.15) is 0 Å². The normalized spacial score (nSPS) is 9.73. The van der Waals surface area contributed by atoms with E-state index < -0.39 is 50.1 Å². The molecule has 0 aromatic heterocycles. The molecule has 0 aliphatic carbocycles. The Balaban J connectivity index is -0.00000180. The molecule has 0 aliphatic rings. The van der Waals surface area contributed by atoms with Crippen LogP contribution < -0.4 is 20.4 Å². The van der Waals surface area contributed by atoms with E-state index >= 15 is 0 Å². The Morgan fingerprint density at radius 3 is 0.864 bits per heavy atom. The van der Waals surface area contributed by atoms with Gasteiger partial charge >= 0.3 is 20.2 Å². The van der Waals surface area contributed by atoms with Crippen molar-refractivity contribution in [1.29, 1.82) is 0 Å². The number of carboxylic acid groups (broad SMARTS) is 4. The first kappa shape index (κ1) is 25.1. The van der Waals surface area contributed by atoms with Crippen molar-refractivity contribution >= 4 is 44.1 Å². The molecule has 10 nitrogen and oxygen atoms in total. The molecule has 0 atom stereocenters. The van der Waals surface area contributed by atoms with Gasteiger partial charge < -0.3 is 39.6 Å². The van der Waals surface area contributed by atoms with Gasteiger partial charge in [0.1, 0.15) is 0 Å². The van der Waals surface area contributed by atoms with E-state index in [1.54, 1.807) is 0 Å². The molecule has 0 bridgehead atoms. The van der Waals surface area contributed by atoms with Crippen LogP contribution in [0.4, 0.5) is 0 Å². The zero-order chi connectivity index (χ0) is 15.7. The Bertz CT molecular complexity index is 325. The summed E-state index contributed by atoms with van der Waals surface area (Å²) in [5.41, 5.74) is 0. The molecule has 114 valence electrons. The van der Waals surface area contributed by atoms with Crippen LogP contribution in [-0.2, 0) is 19.2 Å². The van der Waals surface area contributed by atoms with Crippen LogP contribution in [0.15, 0.2) is 0 Å². The summed E-state index contributed by atoms with van der Waals surface area (Å²) in [4.78, 5) is 43.4. The quantitative estimate of drug-likeness (QED) is 0.334. The Hall–Kier alpha value is -1.86. The third kappa shape index (κ3) is 14.5. The fraction of sp³-hybridized carbons (Fsp3) is 0.600. The van der Waals surface area contributed by atoms with Crippen LogP contribution in [-0.4, -0.2) is 93.2 Å². The first-order chi connectivity index (χ1) is 9.20. The number of hydrogen-bond donors (Lipinski definition) is 0. The smallest absolute Gasteiger partial charge is 0.549 e. The van der Waals surface area contributed by atoms with Gasteiger partial charge in [0.25, 0.3) is 0 Å². The molecule has 0 fully saturated rings. The Morgan fingerprint density at radius 1 is 0.545 bits per heavy atom. The summed E-state index contributed by atoms with van der Waals surface area (Å²) in [5, 5.41) is 41.6. The topological polar surface area (TPSA) is 167 Å². The maximum atomic E-state index is 10.4. The second-order valence-electron chi connectivity index (χ2n) is 3.91. The minimum atomic E-state index is -1.53. The van der Waals surface area contributed by atoms with E-state index in [9.17, 15) is 39.6 Å².